The zero-order chi connectivity index (χ0) is 11.7. The Bertz CT molecular complexity index is 520. The van der Waals surface area contributed by atoms with Crippen LogP contribution in [0.15, 0.2) is 36.4 Å². The summed E-state index contributed by atoms with van der Waals surface area (Å²) in [5.74, 6) is -0.450. The average molecular weight is 256 g/mol. The van der Waals surface area contributed by atoms with Gasteiger partial charge in [0.1, 0.15) is 5.82 Å². The Morgan fingerprint density at radius 1 is 1.00 bits per heavy atom. The third kappa shape index (κ3) is 2.13. The van der Waals surface area contributed by atoms with Gasteiger partial charge in [-0.1, -0.05) is 35.3 Å². The zero-order valence-electron chi connectivity index (χ0n) is 8.18. The molecule has 0 spiro atoms. The number of nitrogens with two attached hydrogens (primary N) is 1. The standard InChI is InChI=1S/C12H8Cl2FN/c13-8-4-7(5-9(14)6-8)10-2-1-3-11(15)12(10)16/h1-6H,16H2. The first kappa shape index (κ1) is 11.2. The summed E-state index contributed by atoms with van der Waals surface area (Å²) in [6.45, 7) is 0. The molecule has 0 aliphatic rings. The van der Waals surface area contributed by atoms with Crippen LogP contribution in [0.4, 0.5) is 10.1 Å². The first-order chi connectivity index (χ1) is 7.58. The molecule has 0 saturated heterocycles. The first-order valence-electron chi connectivity index (χ1n) is 4.58. The fourth-order valence-electron chi connectivity index (χ4n) is 1.50. The summed E-state index contributed by atoms with van der Waals surface area (Å²) in [4.78, 5) is 0. The predicted molar refractivity (Wildman–Crippen MR) is 66.3 cm³/mol. The number of hydrogen-bond donors (Lipinski definition) is 1. The van der Waals surface area contributed by atoms with Crippen molar-refractivity contribution in [2.45, 2.75) is 0 Å². The molecule has 0 heterocycles. The van der Waals surface area contributed by atoms with Crippen LogP contribution in [-0.2, 0) is 0 Å². The van der Waals surface area contributed by atoms with E-state index in [1.165, 1.54) is 6.07 Å². The Morgan fingerprint density at radius 2 is 1.62 bits per heavy atom. The van der Waals surface area contributed by atoms with Crippen molar-refractivity contribution in [3.63, 3.8) is 0 Å². The Balaban J connectivity index is 2.63. The van der Waals surface area contributed by atoms with E-state index in [2.05, 4.69) is 0 Å². The highest BCUT2D eigenvalue weighted by atomic mass is 35.5. The first-order valence-corrected chi connectivity index (χ1v) is 5.34. The predicted octanol–water partition coefficient (Wildman–Crippen LogP) is 4.38. The fourth-order valence-corrected chi connectivity index (χ4v) is 2.02. The molecule has 0 saturated carbocycles. The van der Waals surface area contributed by atoms with Crippen LogP contribution in [0.5, 0.6) is 0 Å². The number of anilines is 1. The molecule has 0 unspecified atom stereocenters. The Kier molecular flexibility index (Phi) is 3.03. The second-order valence-corrected chi connectivity index (χ2v) is 4.23. The molecule has 0 bridgehead atoms. The van der Waals surface area contributed by atoms with Gasteiger partial charge in [-0.2, -0.15) is 0 Å². The quantitative estimate of drug-likeness (QED) is 0.752. The van der Waals surface area contributed by atoms with Gasteiger partial charge < -0.3 is 5.73 Å². The number of para-hydroxylation sites is 1. The summed E-state index contributed by atoms with van der Waals surface area (Å²) < 4.78 is 13.3. The van der Waals surface area contributed by atoms with E-state index < -0.39 is 5.82 Å². The van der Waals surface area contributed by atoms with E-state index in [1.807, 2.05) is 0 Å². The van der Waals surface area contributed by atoms with Gasteiger partial charge in [0, 0.05) is 15.6 Å². The molecule has 0 aliphatic heterocycles. The van der Waals surface area contributed by atoms with Crippen molar-refractivity contribution >= 4 is 28.9 Å². The van der Waals surface area contributed by atoms with E-state index in [1.54, 1.807) is 30.3 Å². The molecule has 2 aromatic carbocycles. The van der Waals surface area contributed by atoms with E-state index in [9.17, 15) is 4.39 Å². The van der Waals surface area contributed by atoms with Gasteiger partial charge in [0.25, 0.3) is 0 Å². The van der Waals surface area contributed by atoms with Gasteiger partial charge in [-0.3, -0.25) is 0 Å². The van der Waals surface area contributed by atoms with Gasteiger partial charge in [0.2, 0.25) is 0 Å². The van der Waals surface area contributed by atoms with E-state index in [0.717, 1.165) is 0 Å². The highest BCUT2D eigenvalue weighted by molar-refractivity contribution is 6.35. The summed E-state index contributed by atoms with van der Waals surface area (Å²) in [5, 5.41) is 0.984. The minimum atomic E-state index is -0.450. The Labute approximate surface area is 103 Å². The van der Waals surface area contributed by atoms with Gasteiger partial charge in [0.15, 0.2) is 0 Å². The van der Waals surface area contributed by atoms with Crippen LogP contribution in [0, 0.1) is 5.82 Å². The minimum absolute atomic E-state index is 0.0980. The topological polar surface area (TPSA) is 26.0 Å². The molecule has 16 heavy (non-hydrogen) atoms. The molecule has 0 aliphatic carbocycles. The summed E-state index contributed by atoms with van der Waals surface area (Å²) >= 11 is 11.7. The fraction of sp³-hybridized carbons (Fsp3) is 0. The molecule has 1 nitrogen and oxygen atoms in total. The lowest BCUT2D eigenvalue weighted by Gasteiger charge is -2.07. The van der Waals surface area contributed by atoms with E-state index in [4.69, 9.17) is 28.9 Å². The second kappa shape index (κ2) is 4.32. The van der Waals surface area contributed by atoms with Crippen LogP contribution in [0.3, 0.4) is 0 Å². The summed E-state index contributed by atoms with van der Waals surface area (Å²) in [5.41, 5.74) is 7.04. The van der Waals surface area contributed by atoms with Crippen molar-refractivity contribution in [1.29, 1.82) is 0 Å². The van der Waals surface area contributed by atoms with Crippen LogP contribution in [0.1, 0.15) is 0 Å². The second-order valence-electron chi connectivity index (χ2n) is 3.36. The SMILES string of the molecule is Nc1c(F)cccc1-c1cc(Cl)cc(Cl)c1. The smallest absolute Gasteiger partial charge is 0.146 e. The van der Waals surface area contributed by atoms with Crippen LogP contribution in [0.25, 0.3) is 11.1 Å². The van der Waals surface area contributed by atoms with Gasteiger partial charge in [-0.15, -0.1) is 0 Å². The van der Waals surface area contributed by atoms with Gasteiger partial charge in [-0.25, -0.2) is 4.39 Å². The normalized spacial score (nSPS) is 10.4. The maximum atomic E-state index is 13.3. The molecule has 82 valence electrons. The number of benzene rings is 2. The molecule has 2 N–H and O–H groups in total. The molecule has 0 radical (unpaired) electrons. The van der Waals surface area contributed by atoms with Crippen molar-refractivity contribution < 1.29 is 4.39 Å². The summed E-state index contributed by atoms with van der Waals surface area (Å²) in [7, 11) is 0. The third-order valence-electron chi connectivity index (χ3n) is 2.23. The molecular formula is C12H8Cl2FN. The number of halogens is 3. The highest BCUT2D eigenvalue weighted by Crippen LogP contribution is 2.31. The minimum Gasteiger partial charge on any atom is -0.396 e. The molecule has 0 aromatic heterocycles. The van der Waals surface area contributed by atoms with Gasteiger partial charge in [-0.05, 0) is 29.8 Å². The van der Waals surface area contributed by atoms with Crippen molar-refractivity contribution in [3.8, 4) is 11.1 Å². The van der Waals surface area contributed by atoms with E-state index in [0.29, 0.717) is 21.2 Å². The Hall–Kier alpha value is -1.25. The summed E-state index contributed by atoms with van der Waals surface area (Å²) in [6, 6.07) is 9.63. The molecule has 2 aromatic rings. The zero-order valence-corrected chi connectivity index (χ0v) is 9.69. The van der Waals surface area contributed by atoms with Crippen molar-refractivity contribution in [2.24, 2.45) is 0 Å². The van der Waals surface area contributed by atoms with Crippen LogP contribution < -0.4 is 5.73 Å². The third-order valence-corrected chi connectivity index (χ3v) is 2.66. The van der Waals surface area contributed by atoms with Crippen molar-refractivity contribution in [1.82, 2.24) is 0 Å². The lowest BCUT2D eigenvalue weighted by atomic mass is 10.0. The van der Waals surface area contributed by atoms with Gasteiger partial charge in [0.05, 0.1) is 5.69 Å². The lowest BCUT2D eigenvalue weighted by molar-refractivity contribution is 0.633. The molecule has 0 atom stereocenters. The monoisotopic (exact) mass is 255 g/mol. The van der Waals surface area contributed by atoms with E-state index in [-0.39, 0.29) is 5.69 Å². The number of hydrogen-bond acceptors (Lipinski definition) is 1. The Morgan fingerprint density at radius 3 is 2.25 bits per heavy atom. The van der Waals surface area contributed by atoms with Crippen molar-refractivity contribution in [2.75, 3.05) is 5.73 Å². The average Bonchev–Trinajstić information content (AvgIpc) is 2.20. The molecule has 0 fully saturated rings. The number of rotatable bonds is 1. The summed E-state index contributed by atoms with van der Waals surface area (Å²) in [6.07, 6.45) is 0. The van der Waals surface area contributed by atoms with Gasteiger partial charge >= 0.3 is 0 Å². The molecular weight excluding hydrogens is 248 g/mol. The van der Waals surface area contributed by atoms with Crippen LogP contribution in [-0.4, -0.2) is 0 Å². The molecule has 4 heteroatoms. The van der Waals surface area contributed by atoms with E-state index >= 15 is 0 Å². The number of nitrogen functional groups attached to an aromatic ring is 1. The molecule has 0 amide bonds. The lowest BCUT2D eigenvalue weighted by Crippen LogP contribution is -1.94. The van der Waals surface area contributed by atoms with Crippen molar-refractivity contribution in [3.05, 3.63) is 52.3 Å². The van der Waals surface area contributed by atoms with Crippen LogP contribution in [0.2, 0.25) is 10.0 Å². The largest absolute Gasteiger partial charge is 0.396 e. The maximum Gasteiger partial charge on any atom is 0.146 e. The maximum absolute atomic E-state index is 13.3. The highest BCUT2D eigenvalue weighted by Gasteiger charge is 2.08. The molecule has 2 rings (SSSR count). The van der Waals surface area contributed by atoms with Crippen LogP contribution >= 0.6 is 23.2 Å².